The van der Waals surface area contributed by atoms with Crippen LogP contribution in [0.5, 0.6) is 0 Å². The number of aliphatic carboxylic acids is 1. The minimum Gasteiger partial charge on any atom is -0.476 e. The van der Waals surface area contributed by atoms with Gasteiger partial charge in [0.2, 0.25) is 5.78 Å². The lowest BCUT2D eigenvalue weighted by Crippen LogP contribution is -2.16. The van der Waals surface area contributed by atoms with Gasteiger partial charge in [-0.2, -0.15) is 0 Å². The monoisotopic (exact) mass is 166 g/mol. The van der Waals surface area contributed by atoms with Crippen LogP contribution in [0.2, 0.25) is 0 Å². The maximum atomic E-state index is 10.8. The number of carboxylic acids is 1. The summed E-state index contributed by atoms with van der Waals surface area (Å²) < 4.78 is 0. The predicted octanol–water partition coefficient (Wildman–Crippen LogP) is 1.16. The standard InChI is InChI=1S/C9H10O3/c10-8(9(11)12)6-7-4-2-1-3-5-7/h1-4,7H,5-6H2,(H,11,12). The van der Waals surface area contributed by atoms with E-state index in [0.717, 1.165) is 6.42 Å². The van der Waals surface area contributed by atoms with Gasteiger partial charge < -0.3 is 5.11 Å². The number of hydrogen-bond donors (Lipinski definition) is 1. The summed E-state index contributed by atoms with van der Waals surface area (Å²) >= 11 is 0. The summed E-state index contributed by atoms with van der Waals surface area (Å²) in [6.07, 6.45) is 8.39. The van der Waals surface area contributed by atoms with Crippen LogP contribution in [0, 0.1) is 5.92 Å². The minimum atomic E-state index is -1.34. The first-order valence-electron chi connectivity index (χ1n) is 3.79. The van der Waals surface area contributed by atoms with Crippen molar-refractivity contribution >= 4 is 11.8 Å². The first-order valence-corrected chi connectivity index (χ1v) is 3.79. The van der Waals surface area contributed by atoms with Gasteiger partial charge in [-0.05, 0) is 12.3 Å². The molecule has 64 valence electrons. The molecular weight excluding hydrogens is 156 g/mol. The van der Waals surface area contributed by atoms with Crippen LogP contribution in [0.15, 0.2) is 24.3 Å². The molecule has 1 N–H and O–H groups in total. The number of carbonyl (C=O) groups excluding carboxylic acids is 1. The van der Waals surface area contributed by atoms with E-state index >= 15 is 0 Å². The molecule has 0 aromatic heterocycles. The van der Waals surface area contributed by atoms with Crippen LogP contribution in [-0.2, 0) is 9.59 Å². The molecule has 12 heavy (non-hydrogen) atoms. The molecule has 0 bridgehead atoms. The highest BCUT2D eigenvalue weighted by Crippen LogP contribution is 2.15. The molecule has 0 aromatic rings. The van der Waals surface area contributed by atoms with E-state index in [2.05, 4.69) is 0 Å². The molecule has 0 spiro atoms. The maximum Gasteiger partial charge on any atom is 0.372 e. The van der Waals surface area contributed by atoms with Gasteiger partial charge in [-0.15, -0.1) is 0 Å². The Morgan fingerprint density at radius 2 is 2.17 bits per heavy atom. The van der Waals surface area contributed by atoms with Crippen molar-refractivity contribution < 1.29 is 14.7 Å². The van der Waals surface area contributed by atoms with E-state index in [1.165, 1.54) is 0 Å². The van der Waals surface area contributed by atoms with Crippen molar-refractivity contribution in [1.29, 1.82) is 0 Å². The van der Waals surface area contributed by atoms with E-state index in [-0.39, 0.29) is 12.3 Å². The second-order valence-electron chi connectivity index (χ2n) is 2.74. The second-order valence-corrected chi connectivity index (χ2v) is 2.74. The third kappa shape index (κ3) is 2.34. The van der Waals surface area contributed by atoms with Gasteiger partial charge in [-0.3, -0.25) is 4.79 Å². The Kier molecular flexibility index (Phi) is 2.80. The molecule has 1 rings (SSSR count). The summed E-state index contributed by atoms with van der Waals surface area (Å²) in [5.74, 6) is -1.98. The average Bonchev–Trinajstić information content (AvgIpc) is 2.06. The molecule has 0 heterocycles. The molecule has 0 saturated heterocycles. The molecule has 3 nitrogen and oxygen atoms in total. The number of ketones is 1. The molecule has 1 unspecified atom stereocenters. The van der Waals surface area contributed by atoms with Gasteiger partial charge in [-0.25, -0.2) is 4.79 Å². The van der Waals surface area contributed by atoms with Crippen molar-refractivity contribution in [2.45, 2.75) is 12.8 Å². The van der Waals surface area contributed by atoms with Crippen LogP contribution in [0.4, 0.5) is 0 Å². The summed E-state index contributed by atoms with van der Waals surface area (Å²) in [5, 5.41) is 8.32. The Balaban J connectivity index is 2.42. The van der Waals surface area contributed by atoms with Crippen LogP contribution in [-0.4, -0.2) is 16.9 Å². The lowest BCUT2D eigenvalue weighted by molar-refractivity contribution is -0.149. The molecule has 1 aliphatic rings. The Morgan fingerprint density at radius 3 is 2.67 bits per heavy atom. The number of Topliss-reactive ketones (excluding diaryl/α,β-unsaturated/α-hetero) is 1. The highest BCUT2D eigenvalue weighted by Gasteiger charge is 2.16. The zero-order chi connectivity index (χ0) is 8.97. The van der Waals surface area contributed by atoms with E-state index < -0.39 is 11.8 Å². The molecular formula is C9H10O3. The Morgan fingerprint density at radius 1 is 1.42 bits per heavy atom. The normalized spacial score (nSPS) is 20.8. The molecule has 0 radical (unpaired) electrons. The third-order valence-electron chi connectivity index (χ3n) is 1.76. The van der Waals surface area contributed by atoms with Crippen molar-refractivity contribution in [2.75, 3.05) is 0 Å². The van der Waals surface area contributed by atoms with Crippen LogP contribution in [0.1, 0.15) is 12.8 Å². The van der Waals surface area contributed by atoms with Crippen molar-refractivity contribution in [3.63, 3.8) is 0 Å². The van der Waals surface area contributed by atoms with Gasteiger partial charge in [0.15, 0.2) is 0 Å². The second kappa shape index (κ2) is 3.85. The number of hydrogen-bond acceptors (Lipinski definition) is 2. The van der Waals surface area contributed by atoms with E-state index in [1.807, 2.05) is 24.3 Å². The van der Waals surface area contributed by atoms with Gasteiger partial charge >= 0.3 is 5.97 Å². The van der Waals surface area contributed by atoms with Crippen molar-refractivity contribution in [1.82, 2.24) is 0 Å². The van der Waals surface area contributed by atoms with Crippen LogP contribution in [0.3, 0.4) is 0 Å². The van der Waals surface area contributed by atoms with Gasteiger partial charge in [0, 0.05) is 6.42 Å². The Labute approximate surface area is 70.4 Å². The molecule has 1 atom stereocenters. The number of carboxylic acid groups (broad SMARTS) is 1. The molecule has 0 aromatic carbocycles. The molecule has 0 amide bonds. The van der Waals surface area contributed by atoms with Gasteiger partial charge in [-0.1, -0.05) is 24.3 Å². The highest BCUT2D eigenvalue weighted by molar-refractivity contribution is 6.32. The zero-order valence-electron chi connectivity index (χ0n) is 6.56. The summed E-state index contributed by atoms with van der Waals surface area (Å²) in [7, 11) is 0. The zero-order valence-corrected chi connectivity index (χ0v) is 6.56. The Hall–Kier alpha value is -1.38. The average molecular weight is 166 g/mol. The number of carbonyl (C=O) groups is 2. The first kappa shape index (κ1) is 8.71. The summed E-state index contributed by atoms with van der Waals surface area (Å²) in [6, 6.07) is 0. The third-order valence-corrected chi connectivity index (χ3v) is 1.76. The minimum absolute atomic E-state index is 0.0681. The van der Waals surface area contributed by atoms with Crippen molar-refractivity contribution in [3.8, 4) is 0 Å². The topological polar surface area (TPSA) is 54.4 Å². The molecule has 0 aliphatic heterocycles. The number of rotatable bonds is 3. The maximum absolute atomic E-state index is 10.8. The fourth-order valence-electron chi connectivity index (χ4n) is 1.11. The Bertz CT molecular complexity index is 250. The molecule has 3 heteroatoms. The summed E-state index contributed by atoms with van der Waals surface area (Å²) in [5.41, 5.74) is 0. The summed E-state index contributed by atoms with van der Waals surface area (Å²) in [6.45, 7) is 0. The van der Waals surface area contributed by atoms with Crippen molar-refractivity contribution in [2.24, 2.45) is 5.92 Å². The quantitative estimate of drug-likeness (QED) is 0.640. The number of allylic oxidation sites excluding steroid dienone is 4. The largest absolute Gasteiger partial charge is 0.476 e. The fraction of sp³-hybridized carbons (Fsp3) is 0.333. The van der Waals surface area contributed by atoms with Crippen LogP contribution in [0.25, 0.3) is 0 Å². The molecule has 0 saturated carbocycles. The fourth-order valence-corrected chi connectivity index (χ4v) is 1.11. The van der Waals surface area contributed by atoms with Gasteiger partial charge in [0.05, 0.1) is 0 Å². The lowest BCUT2D eigenvalue weighted by atomic mass is 9.95. The summed E-state index contributed by atoms with van der Waals surface area (Å²) in [4.78, 5) is 20.9. The SMILES string of the molecule is O=C(O)C(=O)CC1C=CC=CC1. The van der Waals surface area contributed by atoms with E-state index in [1.54, 1.807) is 0 Å². The van der Waals surface area contributed by atoms with E-state index in [4.69, 9.17) is 5.11 Å². The highest BCUT2D eigenvalue weighted by atomic mass is 16.4. The first-order chi connectivity index (χ1) is 5.70. The van der Waals surface area contributed by atoms with E-state index in [0.29, 0.717) is 0 Å². The van der Waals surface area contributed by atoms with Crippen LogP contribution >= 0.6 is 0 Å². The lowest BCUT2D eigenvalue weighted by Gasteiger charge is -2.09. The van der Waals surface area contributed by atoms with Gasteiger partial charge in [0.25, 0.3) is 0 Å². The smallest absolute Gasteiger partial charge is 0.372 e. The van der Waals surface area contributed by atoms with Crippen LogP contribution < -0.4 is 0 Å². The molecule has 1 aliphatic carbocycles. The van der Waals surface area contributed by atoms with E-state index in [9.17, 15) is 9.59 Å². The molecule has 0 fully saturated rings. The van der Waals surface area contributed by atoms with Crippen molar-refractivity contribution in [3.05, 3.63) is 24.3 Å². The predicted molar refractivity (Wildman–Crippen MR) is 43.6 cm³/mol. The van der Waals surface area contributed by atoms with Gasteiger partial charge in [0.1, 0.15) is 0 Å².